The third kappa shape index (κ3) is 5.25. The third-order valence-electron chi connectivity index (χ3n) is 4.99. The lowest BCUT2D eigenvalue weighted by Gasteiger charge is -2.21. The summed E-state index contributed by atoms with van der Waals surface area (Å²) in [5.41, 5.74) is -0.210. The summed E-state index contributed by atoms with van der Waals surface area (Å²) in [5.74, 6) is -3.89. The molecular formula is C21H19F6NO2. The Balaban J connectivity index is 1.68. The standard InChI is InChI=1S/C21H19F6NO2/c1-12(15-4-3-14(22)10-17(15)24)8-19(29)28-20(6-7-20)13-2-5-16(23)18(9-13)30-11-21(25,26)27/h2-5,9-10,12H,6-8,11H2,1H3,(H,28,29). The first-order valence-corrected chi connectivity index (χ1v) is 9.25. The zero-order valence-electron chi connectivity index (χ0n) is 16.0. The Hall–Kier alpha value is -2.71. The van der Waals surface area contributed by atoms with Gasteiger partial charge >= 0.3 is 6.18 Å². The van der Waals surface area contributed by atoms with Crippen molar-refractivity contribution in [2.75, 3.05) is 6.61 Å². The molecule has 1 amide bonds. The van der Waals surface area contributed by atoms with Crippen LogP contribution < -0.4 is 10.1 Å². The number of benzene rings is 2. The lowest BCUT2D eigenvalue weighted by molar-refractivity contribution is -0.153. The molecule has 0 heterocycles. The van der Waals surface area contributed by atoms with Gasteiger partial charge in [-0.3, -0.25) is 4.79 Å². The van der Waals surface area contributed by atoms with E-state index >= 15 is 0 Å². The predicted octanol–water partition coefficient (Wildman–Crippen LogP) is 5.34. The minimum Gasteiger partial charge on any atom is -0.481 e. The highest BCUT2D eigenvalue weighted by Gasteiger charge is 2.46. The van der Waals surface area contributed by atoms with Crippen molar-refractivity contribution in [1.29, 1.82) is 0 Å². The van der Waals surface area contributed by atoms with Gasteiger partial charge in [-0.1, -0.05) is 19.1 Å². The van der Waals surface area contributed by atoms with Gasteiger partial charge in [-0.05, 0) is 48.1 Å². The summed E-state index contributed by atoms with van der Waals surface area (Å²) in [6.07, 6.45) is -3.66. The van der Waals surface area contributed by atoms with E-state index in [1.807, 2.05) is 0 Å². The molecule has 2 aromatic carbocycles. The van der Waals surface area contributed by atoms with Gasteiger partial charge < -0.3 is 10.1 Å². The number of halogens is 6. The van der Waals surface area contributed by atoms with Gasteiger partial charge in [-0.25, -0.2) is 13.2 Å². The van der Waals surface area contributed by atoms with Crippen molar-refractivity contribution < 1.29 is 35.9 Å². The van der Waals surface area contributed by atoms with E-state index in [9.17, 15) is 31.1 Å². The molecule has 30 heavy (non-hydrogen) atoms. The van der Waals surface area contributed by atoms with E-state index in [1.54, 1.807) is 6.92 Å². The Labute approximate surface area is 169 Å². The van der Waals surface area contributed by atoms with Crippen LogP contribution >= 0.6 is 0 Å². The van der Waals surface area contributed by atoms with Crippen molar-refractivity contribution in [3.63, 3.8) is 0 Å². The van der Waals surface area contributed by atoms with Crippen molar-refractivity contribution in [3.8, 4) is 5.75 Å². The molecule has 1 fully saturated rings. The molecule has 0 radical (unpaired) electrons. The van der Waals surface area contributed by atoms with E-state index in [0.29, 0.717) is 18.4 Å². The Kier molecular flexibility index (Phi) is 6.01. The van der Waals surface area contributed by atoms with E-state index in [4.69, 9.17) is 0 Å². The van der Waals surface area contributed by atoms with Gasteiger partial charge in [-0.2, -0.15) is 13.2 Å². The summed E-state index contributed by atoms with van der Waals surface area (Å²) in [7, 11) is 0. The van der Waals surface area contributed by atoms with Crippen LogP contribution in [0.3, 0.4) is 0 Å². The van der Waals surface area contributed by atoms with Gasteiger partial charge in [0.25, 0.3) is 0 Å². The molecule has 1 saturated carbocycles. The van der Waals surface area contributed by atoms with Gasteiger partial charge in [0.1, 0.15) is 11.6 Å². The molecule has 0 saturated heterocycles. The van der Waals surface area contributed by atoms with E-state index in [0.717, 1.165) is 24.3 Å². The van der Waals surface area contributed by atoms with Crippen LogP contribution in [0.15, 0.2) is 36.4 Å². The first-order valence-electron chi connectivity index (χ1n) is 9.25. The van der Waals surface area contributed by atoms with Crippen LogP contribution in [0, 0.1) is 17.5 Å². The van der Waals surface area contributed by atoms with Crippen molar-refractivity contribution in [1.82, 2.24) is 5.32 Å². The van der Waals surface area contributed by atoms with Crippen molar-refractivity contribution in [2.24, 2.45) is 0 Å². The minimum atomic E-state index is -4.61. The molecule has 0 bridgehead atoms. The SMILES string of the molecule is CC(CC(=O)NC1(c2ccc(F)c(OCC(F)(F)F)c2)CC1)c1ccc(F)cc1F. The van der Waals surface area contributed by atoms with E-state index in [-0.39, 0.29) is 12.0 Å². The molecule has 1 aliphatic carbocycles. The van der Waals surface area contributed by atoms with Crippen molar-refractivity contribution >= 4 is 5.91 Å². The maximum absolute atomic E-state index is 13.9. The van der Waals surface area contributed by atoms with Crippen molar-refractivity contribution in [2.45, 2.75) is 43.8 Å². The molecule has 1 aliphatic rings. The number of carbonyl (C=O) groups excluding carboxylic acids is 1. The molecule has 0 spiro atoms. The Morgan fingerprint density at radius 2 is 1.80 bits per heavy atom. The number of amides is 1. The number of carbonyl (C=O) groups is 1. The molecule has 2 aromatic rings. The van der Waals surface area contributed by atoms with E-state index in [1.165, 1.54) is 12.1 Å². The predicted molar refractivity (Wildman–Crippen MR) is 96.4 cm³/mol. The Bertz CT molecular complexity index is 940. The number of alkyl halides is 3. The molecule has 1 unspecified atom stereocenters. The second-order valence-electron chi connectivity index (χ2n) is 7.45. The van der Waals surface area contributed by atoms with Gasteiger partial charge in [-0.15, -0.1) is 0 Å². The number of nitrogens with one attached hydrogen (secondary N) is 1. The van der Waals surface area contributed by atoms with Gasteiger partial charge in [0.15, 0.2) is 18.2 Å². The molecule has 1 N–H and O–H groups in total. The summed E-state index contributed by atoms with van der Waals surface area (Å²) in [4.78, 5) is 12.5. The molecule has 1 atom stereocenters. The summed E-state index contributed by atoms with van der Waals surface area (Å²) in [6.45, 7) is -0.00999. The third-order valence-corrected chi connectivity index (χ3v) is 4.99. The average Bonchev–Trinajstić information content (AvgIpc) is 3.40. The van der Waals surface area contributed by atoms with Gasteiger partial charge in [0, 0.05) is 12.5 Å². The van der Waals surface area contributed by atoms with Gasteiger partial charge in [0.2, 0.25) is 5.91 Å². The van der Waals surface area contributed by atoms with Crippen LogP contribution in [-0.2, 0) is 10.3 Å². The Morgan fingerprint density at radius 3 is 2.40 bits per heavy atom. The van der Waals surface area contributed by atoms with E-state index < -0.39 is 53.3 Å². The summed E-state index contributed by atoms with van der Waals surface area (Å²) < 4.78 is 82.3. The average molecular weight is 431 g/mol. The smallest absolute Gasteiger partial charge is 0.422 e. The van der Waals surface area contributed by atoms with Crippen LogP contribution in [0.25, 0.3) is 0 Å². The first-order chi connectivity index (χ1) is 14.0. The van der Waals surface area contributed by atoms with Crippen LogP contribution in [-0.4, -0.2) is 18.7 Å². The normalized spacial score (nSPS) is 16.1. The second-order valence-corrected chi connectivity index (χ2v) is 7.45. The molecule has 0 aromatic heterocycles. The molecule has 162 valence electrons. The van der Waals surface area contributed by atoms with Crippen LogP contribution in [0.4, 0.5) is 26.3 Å². The van der Waals surface area contributed by atoms with Crippen LogP contribution in [0.1, 0.15) is 43.2 Å². The van der Waals surface area contributed by atoms with Crippen LogP contribution in [0.2, 0.25) is 0 Å². The zero-order chi connectivity index (χ0) is 22.1. The molecular weight excluding hydrogens is 412 g/mol. The fourth-order valence-electron chi connectivity index (χ4n) is 3.29. The fourth-order valence-corrected chi connectivity index (χ4v) is 3.29. The topological polar surface area (TPSA) is 38.3 Å². The largest absolute Gasteiger partial charge is 0.481 e. The molecule has 3 nitrogen and oxygen atoms in total. The number of hydrogen-bond donors (Lipinski definition) is 1. The first kappa shape index (κ1) is 22.0. The van der Waals surface area contributed by atoms with Crippen molar-refractivity contribution in [3.05, 3.63) is 65.0 Å². The quantitative estimate of drug-likeness (QED) is 0.601. The fraction of sp³-hybridized carbons (Fsp3) is 0.381. The summed E-state index contributed by atoms with van der Waals surface area (Å²) in [6, 6.07) is 6.65. The number of ether oxygens (including phenoxy) is 1. The summed E-state index contributed by atoms with van der Waals surface area (Å²) in [5, 5.41) is 2.80. The molecule has 3 rings (SSSR count). The second kappa shape index (κ2) is 8.20. The number of rotatable bonds is 7. The zero-order valence-corrected chi connectivity index (χ0v) is 16.0. The highest BCUT2D eigenvalue weighted by atomic mass is 19.4. The lowest BCUT2D eigenvalue weighted by atomic mass is 9.96. The number of hydrogen-bond acceptors (Lipinski definition) is 2. The summed E-state index contributed by atoms with van der Waals surface area (Å²) >= 11 is 0. The maximum Gasteiger partial charge on any atom is 0.422 e. The van der Waals surface area contributed by atoms with E-state index in [2.05, 4.69) is 10.1 Å². The highest BCUT2D eigenvalue weighted by molar-refractivity contribution is 5.78. The Morgan fingerprint density at radius 1 is 1.10 bits per heavy atom. The highest BCUT2D eigenvalue weighted by Crippen LogP contribution is 2.47. The molecule has 0 aliphatic heterocycles. The minimum absolute atomic E-state index is 0.0804. The van der Waals surface area contributed by atoms with Crippen LogP contribution in [0.5, 0.6) is 5.75 Å². The lowest BCUT2D eigenvalue weighted by Crippen LogP contribution is -2.35. The van der Waals surface area contributed by atoms with Gasteiger partial charge in [0.05, 0.1) is 5.54 Å². The monoisotopic (exact) mass is 431 g/mol. The molecule has 9 heteroatoms. The maximum atomic E-state index is 13.9.